The van der Waals surface area contributed by atoms with Crippen LogP contribution in [0.15, 0.2) is 151 Å². The number of carbonyl (C=O) groups is 2. The quantitative estimate of drug-likeness (QED) is 0.0450. The molecule has 0 radical (unpaired) electrons. The smallest absolute Gasteiger partial charge is 0.341 e. The largest absolute Gasteiger partial charge is 0.515 e. The summed E-state index contributed by atoms with van der Waals surface area (Å²) < 4.78 is 11.1. The van der Waals surface area contributed by atoms with E-state index in [4.69, 9.17) is 60.2 Å². The lowest BCUT2D eigenvalue weighted by Crippen LogP contribution is -2.16. The fourth-order valence-corrected chi connectivity index (χ4v) is 5.54. The second-order valence-corrected chi connectivity index (χ2v) is 13.9. The molecule has 7 aromatic rings. The molecule has 4 aromatic heterocycles. The van der Waals surface area contributed by atoms with Crippen LogP contribution in [0.4, 0.5) is 11.6 Å². The number of nitrogens with one attached hydrogen (secondary N) is 1. The summed E-state index contributed by atoms with van der Waals surface area (Å²) in [5.74, 6) is -0.617. The zero-order valence-electron chi connectivity index (χ0n) is 34.1. The molecule has 64 heavy (non-hydrogen) atoms. The van der Waals surface area contributed by atoms with Crippen LogP contribution >= 0.6 is 34.8 Å². The minimum absolute atomic E-state index is 0.0157. The molecular formula is C46H41Cl3N6O9. The molecule has 18 heteroatoms. The molecule has 0 amide bonds. The molecule has 0 aliphatic heterocycles. The van der Waals surface area contributed by atoms with Crippen molar-refractivity contribution in [3.8, 4) is 28.4 Å². The molecular weight excluding hydrogens is 887 g/mol. The van der Waals surface area contributed by atoms with Gasteiger partial charge in [0.25, 0.3) is 5.56 Å². The highest BCUT2D eigenvalue weighted by Crippen LogP contribution is 2.24. The standard InChI is InChI=1S/C16H15ClN2O3.C14H9ClN2O2.C11H11ClO3.C5H6N2O/c1-2-22-16(21)13(11-5-7-12(17)8-6-11)10-19-15-14(20)4-3-9-18-15;15-10-5-3-9(4-6-10)11-8-16-13-12(18)2-1-7-17(13)14(11)19;1-2-15-11(14)10(7-13)8-3-5-9(12)6-4-8;6-5-4(8)2-1-3-7-5/h3-10,20H,2H2,1H3,(H,18,19);1-8,18H;3-7,13H,2H2,1H3;1-3,8H,(H2,6,7)/b13-10-;;;. The number of nitrogens with two attached hydrogens (primary N) is 1. The number of anilines is 2. The van der Waals surface area contributed by atoms with E-state index in [0.29, 0.717) is 37.3 Å². The lowest BCUT2D eigenvalue weighted by Gasteiger charge is -2.09. The number of aliphatic hydroxyl groups is 1. The van der Waals surface area contributed by atoms with Gasteiger partial charge in [-0.05, 0) is 103 Å². The predicted molar refractivity (Wildman–Crippen MR) is 248 cm³/mol. The first kappa shape index (κ1) is 49.1. The normalized spacial score (nSPS) is 10.8. The molecule has 7 N–H and O–H groups in total. The molecule has 330 valence electrons. The Hall–Kier alpha value is -7.59. The number of pyridine rings is 3. The van der Waals surface area contributed by atoms with Crippen molar-refractivity contribution < 1.29 is 39.5 Å². The van der Waals surface area contributed by atoms with E-state index in [0.717, 1.165) is 11.8 Å². The van der Waals surface area contributed by atoms with Crippen molar-refractivity contribution in [3.05, 3.63) is 183 Å². The summed E-state index contributed by atoms with van der Waals surface area (Å²) in [7, 11) is 0. The molecule has 4 heterocycles. The van der Waals surface area contributed by atoms with Gasteiger partial charge < -0.3 is 41.0 Å². The highest BCUT2D eigenvalue weighted by atomic mass is 35.5. The van der Waals surface area contributed by atoms with Gasteiger partial charge in [0, 0.05) is 46.1 Å². The number of aromatic hydroxyl groups is 3. The Morgan fingerprint density at radius 3 is 1.69 bits per heavy atom. The maximum absolute atomic E-state index is 12.3. The number of aliphatic hydroxyl groups excluding tert-OH is 1. The third-order valence-electron chi connectivity index (χ3n) is 8.25. The SMILES string of the molecule is CCOC(=O)/C(=C\Nc1ncccc1O)c1ccc(Cl)cc1.CCOC(=O)C(=CO)c1ccc(Cl)cc1.Nc1ncccc1O.O=c1c(-c2ccc(Cl)cc2)cnc2c(O)cccn12. The van der Waals surface area contributed by atoms with Crippen molar-refractivity contribution in [3.63, 3.8) is 0 Å². The molecule has 15 nitrogen and oxygen atoms in total. The maximum Gasteiger partial charge on any atom is 0.341 e. The first-order valence-corrected chi connectivity index (χ1v) is 20.1. The third kappa shape index (κ3) is 14.2. The van der Waals surface area contributed by atoms with Gasteiger partial charge in [0.15, 0.2) is 34.5 Å². The fraction of sp³-hybridized carbons (Fsp3) is 0.0870. The number of nitrogens with zero attached hydrogens (tertiary/aromatic N) is 4. The molecule has 0 atom stereocenters. The topological polar surface area (TPSA) is 232 Å². The highest BCUT2D eigenvalue weighted by Gasteiger charge is 2.15. The average Bonchev–Trinajstić information content (AvgIpc) is 3.29. The van der Waals surface area contributed by atoms with Crippen molar-refractivity contribution >= 4 is 75.2 Å². The first-order valence-electron chi connectivity index (χ1n) is 18.9. The zero-order valence-corrected chi connectivity index (χ0v) is 36.4. The van der Waals surface area contributed by atoms with Gasteiger partial charge in [-0.15, -0.1) is 0 Å². The molecule has 0 fully saturated rings. The van der Waals surface area contributed by atoms with Crippen LogP contribution in [0.2, 0.25) is 15.1 Å². The monoisotopic (exact) mass is 926 g/mol. The van der Waals surface area contributed by atoms with Crippen LogP contribution in [0.1, 0.15) is 25.0 Å². The van der Waals surface area contributed by atoms with E-state index in [1.165, 1.54) is 47.4 Å². The van der Waals surface area contributed by atoms with E-state index in [1.54, 1.807) is 111 Å². The summed E-state index contributed by atoms with van der Waals surface area (Å²) in [6.45, 7) is 3.96. The van der Waals surface area contributed by atoms with Gasteiger partial charge in [0.1, 0.15) is 5.57 Å². The van der Waals surface area contributed by atoms with E-state index in [-0.39, 0.29) is 58.9 Å². The average molecular weight is 928 g/mol. The Balaban J connectivity index is 0.000000196. The fourth-order valence-electron chi connectivity index (χ4n) is 5.16. The summed E-state index contributed by atoms with van der Waals surface area (Å²) in [6, 6.07) is 29.6. The molecule has 0 saturated heterocycles. The summed E-state index contributed by atoms with van der Waals surface area (Å²) in [4.78, 5) is 47.5. The molecule has 0 aliphatic rings. The number of rotatable bonds is 9. The van der Waals surface area contributed by atoms with Gasteiger partial charge in [0.05, 0.1) is 30.6 Å². The molecule has 3 aromatic carbocycles. The molecule has 0 spiro atoms. The van der Waals surface area contributed by atoms with Crippen molar-refractivity contribution in [2.75, 3.05) is 24.3 Å². The number of carbonyl (C=O) groups excluding carboxylic acids is 2. The number of hydrogen-bond acceptors (Lipinski definition) is 14. The number of ether oxygens (including phenoxy) is 2. The van der Waals surface area contributed by atoms with Crippen LogP contribution < -0.4 is 16.6 Å². The summed E-state index contributed by atoms with van der Waals surface area (Å²) in [6.07, 6.45) is 8.27. The van der Waals surface area contributed by atoms with Crippen LogP contribution in [0.3, 0.4) is 0 Å². The predicted octanol–water partition coefficient (Wildman–Crippen LogP) is 9.35. The van der Waals surface area contributed by atoms with Crippen molar-refractivity contribution in [2.24, 2.45) is 0 Å². The Labute approximate surface area is 381 Å². The molecule has 0 unspecified atom stereocenters. The number of fused-ring (bicyclic) bond motifs is 1. The van der Waals surface area contributed by atoms with E-state index < -0.39 is 11.9 Å². The van der Waals surface area contributed by atoms with Crippen LogP contribution in [-0.2, 0) is 19.1 Å². The number of benzene rings is 3. The Kier molecular flexibility index (Phi) is 19.0. The van der Waals surface area contributed by atoms with Crippen molar-refractivity contribution in [1.82, 2.24) is 19.4 Å². The molecule has 0 aliphatic carbocycles. The molecule has 0 saturated carbocycles. The van der Waals surface area contributed by atoms with E-state index in [2.05, 4.69) is 20.3 Å². The number of esters is 2. The van der Waals surface area contributed by atoms with Gasteiger partial charge in [-0.3, -0.25) is 9.20 Å². The van der Waals surface area contributed by atoms with Gasteiger partial charge in [-0.1, -0.05) is 71.2 Å². The number of hydrogen-bond donors (Lipinski definition) is 6. The van der Waals surface area contributed by atoms with Gasteiger partial charge in [0.2, 0.25) is 0 Å². The van der Waals surface area contributed by atoms with Crippen LogP contribution in [0.5, 0.6) is 17.2 Å². The number of aromatic nitrogens is 4. The molecule has 0 bridgehead atoms. The third-order valence-corrected chi connectivity index (χ3v) is 9.01. The lowest BCUT2D eigenvalue weighted by molar-refractivity contribution is -0.137. The molecule has 7 rings (SSSR count). The Bertz CT molecular complexity index is 2750. The van der Waals surface area contributed by atoms with Crippen molar-refractivity contribution in [1.29, 1.82) is 0 Å². The zero-order chi connectivity index (χ0) is 46.6. The van der Waals surface area contributed by atoms with E-state index >= 15 is 0 Å². The second kappa shape index (κ2) is 24.8. The minimum atomic E-state index is -0.553. The first-order chi connectivity index (χ1) is 30.8. The Morgan fingerprint density at radius 1 is 0.688 bits per heavy atom. The van der Waals surface area contributed by atoms with Gasteiger partial charge in [-0.25, -0.2) is 24.5 Å². The van der Waals surface area contributed by atoms with Gasteiger partial charge >= 0.3 is 11.9 Å². The highest BCUT2D eigenvalue weighted by molar-refractivity contribution is 6.31. The van der Waals surface area contributed by atoms with Crippen LogP contribution in [0.25, 0.3) is 27.9 Å². The van der Waals surface area contributed by atoms with E-state index in [1.807, 2.05) is 0 Å². The summed E-state index contributed by atoms with van der Waals surface area (Å²) in [5.41, 5.74) is 8.00. The Morgan fingerprint density at radius 2 is 1.19 bits per heavy atom. The second-order valence-electron chi connectivity index (χ2n) is 12.5. The number of nitrogen functional groups attached to an aromatic ring is 1. The van der Waals surface area contributed by atoms with Crippen LogP contribution in [-0.4, -0.2) is 64.9 Å². The lowest BCUT2D eigenvalue weighted by atomic mass is 10.1. The van der Waals surface area contributed by atoms with E-state index in [9.17, 15) is 24.6 Å². The van der Waals surface area contributed by atoms with Gasteiger partial charge in [-0.2, -0.15) is 0 Å². The summed E-state index contributed by atoms with van der Waals surface area (Å²) >= 11 is 17.4. The minimum Gasteiger partial charge on any atom is -0.515 e. The van der Waals surface area contributed by atoms with Crippen molar-refractivity contribution in [2.45, 2.75) is 13.8 Å². The number of halogens is 3. The van der Waals surface area contributed by atoms with Crippen LogP contribution in [0, 0.1) is 0 Å². The summed E-state index contributed by atoms with van der Waals surface area (Å²) in [5, 5.41) is 41.6. The maximum atomic E-state index is 12.3.